The fraction of sp³-hybridized carbons (Fsp3) is 0.533. The van der Waals surface area contributed by atoms with Crippen LogP contribution in [0, 0.1) is 0 Å². The average molecular weight is 291 g/mol. The lowest BCUT2D eigenvalue weighted by atomic mass is 10.1. The highest BCUT2D eigenvalue weighted by Crippen LogP contribution is 2.31. The van der Waals surface area contributed by atoms with Crippen LogP contribution in [0.2, 0.25) is 0 Å². The minimum Gasteiger partial charge on any atom is -0.486 e. The molecule has 1 aromatic rings. The van der Waals surface area contributed by atoms with E-state index in [0.717, 1.165) is 43.2 Å². The first-order valence-electron chi connectivity index (χ1n) is 7.34. The third-order valence-corrected chi connectivity index (χ3v) is 3.90. The van der Waals surface area contributed by atoms with Crippen molar-refractivity contribution in [3.63, 3.8) is 0 Å². The van der Waals surface area contributed by atoms with E-state index in [1.54, 1.807) is 0 Å². The Morgan fingerprint density at radius 2 is 2.14 bits per heavy atom. The molecule has 0 aliphatic carbocycles. The molecule has 1 amide bonds. The van der Waals surface area contributed by atoms with Gasteiger partial charge in [0.15, 0.2) is 11.5 Å². The molecule has 1 unspecified atom stereocenters. The van der Waals surface area contributed by atoms with Crippen molar-refractivity contribution in [1.82, 2.24) is 10.2 Å². The number of ether oxygens (including phenoxy) is 2. The Bertz CT molecular complexity index is 521. The Morgan fingerprint density at radius 3 is 2.95 bits per heavy atom. The third kappa shape index (κ3) is 3.46. The van der Waals surface area contributed by atoms with E-state index in [1.807, 2.05) is 12.1 Å². The minimum atomic E-state index is -0.254. The molecule has 2 aliphatic rings. The molecule has 3 rings (SSSR count). The summed E-state index contributed by atoms with van der Waals surface area (Å²) >= 11 is 0. The number of fused-ring (bicyclic) bond motifs is 1. The van der Waals surface area contributed by atoms with Gasteiger partial charge in [-0.1, -0.05) is 6.07 Å². The number of rotatable bonds is 4. The van der Waals surface area contributed by atoms with E-state index in [0.29, 0.717) is 19.6 Å². The van der Waals surface area contributed by atoms with Gasteiger partial charge in [0.2, 0.25) is 5.91 Å². The van der Waals surface area contributed by atoms with E-state index in [1.165, 1.54) is 0 Å². The summed E-state index contributed by atoms with van der Waals surface area (Å²) in [6.45, 7) is 4.62. The summed E-state index contributed by atoms with van der Waals surface area (Å²) in [7, 11) is 0. The lowest BCUT2D eigenvalue weighted by molar-refractivity contribution is -0.119. The number of benzene rings is 1. The Hall–Kier alpha value is -1.79. The second-order valence-electron chi connectivity index (χ2n) is 5.48. The minimum absolute atomic E-state index is 0.157. The van der Waals surface area contributed by atoms with Gasteiger partial charge in [-0.05, 0) is 17.7 Å². The lowest BCUT2D eigenvalue weighted by Gasteiger charge is -2.35. The van der Waals surface area contributed by atoms with E-state index < -0.39 is 0 Å². The van der Waals surface area contributed by atoms with Crippen LogP contribution in [-0.2, 0) is 11.3 Å². The molecule has 1 atom stereocenters. The van der Waals surface area contributed by atoms with Crippen molar-refractivity contribution in [3.8, 4) is 11.5 Å². The molecule has 0 bridgehead atoms. The van der Waals surface area contributed by atoms with E-state index >= 15 is 0 Å². The number of piperazine rings is 1. The summed E-state index contributed by atoms with van der Waals surface area (Å²) in [5.41, 5.74) is 6.50. The standard InChI is InChI=1S/C15H21N3O3/c16-15(19)8-12-9-17-3-4-18(12)10-11-1-2-13-14(7-11)21-6-5-20-13/h1-2,7,12,17H,3-6,8-10H2,(H2,16,19). The number of primary amides is 1. The zero-order valence-electron chi connectivity index (χ0n) is 12.0. The smallest absolute Gasteiger partial charge is 0.219 e. The Morgan fingerprint density at radius 1 is 1.33 bits per heavy atom. The quantitative estimate of drug-likeness (QED) is 0.823. The molecule has 3 N–H and O–H groups in total. The lowest BCUT2D eigenvalue weighted by Crippen LogP contribution is -2.52. The number of hydrogen-bond donors (Lipinski definition) is 2. The average Bonchev–Trinajstić information content (AvgIpc) is 2.49. The van der Waals surface area contributed by atoms with Crippen LogP contribution in [0.4, 0.5) is 0 Å². The predicted octanol–water partition coefficient (Wildman–Crippen LogP) is 0.107. The van der Waals surface area contributed by atoms with Crippen molar-refractivity contribution in [1.29, 1.82) is 0 Å². The van der Waals surface area contributed by atoms with Crippen LogP contribution in [0.5, 0.6) is 11.5 Å². The maximum atomic E-state index is 11.2. The number of nitrogens with one attached hydrogen (secondary N) is 1. The van der Waals surface area contributed by atoms with Crippen molar-refractivity contribution in [2.24, 2.45) is 5.73 Å². The highest BCUT2D eigenvalue weighted by Gasteiger charge is 2.24. The molecule has 0 radical (unpaired) electrons. The molecule has 6 nitrogen and oxygen atoms in total. The molecule has 0 saturated carbocycles. The number of nitrogens with zero attached hydrogens (tertiary/aromatic N) is 1. The number of carbonyl (C=O) groups is 1. The fourth-order valence-corrected chi connectivity index (χ4v) is 2.87. The van der Waals surface area contributed by atoms with Gasteiger partial charge in [-0.3, -0.25) is 9.69 Å². The molecule has 114 valence electrons. The summed E-state index contributed by atoms with van der Waals surface area (Å²) < 4.78 is 11.1. The summed E-state index contributed by atoms with van der Waals surface area (Å²) in [6.07, 6.45) is 0.386. The topological polar surface area (TPSA) is 76.8 Å². The Labute approximate surface area is 124 Å². The SMILES string of the molecule is NC(=O)CC1CNCCN1Cc1ccc2c(c1)OCCO2. The Balaban J connectivity index is 1.70. The van der Waals surface area contributed by atoms with Crippen LogP contribution < -0.4 is 20.5 Å². The monoisotopic (exact) mass is 291 g/mol. The molecular weight excluding hydrogens is 270 g/mol. The van der Waals surface area contributed by atoms with Gasteiger partial charge in [-0.2, -0.15) is 0 Å². The van der Waals surface area contributed by atoms with Crippen LogP contribution >= 0.6 is 0 Å². The maximum absolute atomic E-state index is 11.2. The highest BCUT2D eigenvalue weighted by molar-refractivity contribution is 5.74. The van der Waals surface area contributed by atoms with Crippen LogP contribution in [0.25, 0.3) is 0 Å². The molecular formula is C15H21N3O3. The van der Waals surface area contributed by atoms with E-state index in [2.05, 4.69) is 16.3 Å². The normalized spacial score (nSPS) is 22.0. The molecule has 2 heterocycles. The van der Waals surface area contributed by atoms with Gasteiger partial charge < -0.3 is 20.5 Å². The third-order valence-electron chi connectivity index (χ3n) is 3.90. The van der Waals surface area contributed by atoms with Crippen molar-refractivity contribution in [2.45, 2.75) is 19.0 Å². The van der Waals surface area contributed by atoms with Gasteiger partial charge in [-0.15, -0.1) is 0 Å². The molecule has 1 fully saturated rings. The molecule has 2 aliphatic heterocycles. The van der Waals surface area contributed by atoms with Crippen molar-refractivity contribution in [2.75, 3.05) is 32.8 Å². The van der Waals surface area contributed by atoms with Crippen molar-refractivity contribution < 1.29 is 14.3 Å². The molecule has 6 heteroatoms. The van der Waals surface area contributed by atoms with Crippen molar-refractivity contribution in [3.05, 3.63) is 23.8 Å². The van der Waals surface area contributed by atoms with E-state index in [9.17, 15) is 4.79 Å². The van der Waals surface area contributed by atoms with Gasteiger partial charge in [0.25, 0.3) is 0 Å². The predicted molar refractivity (Wildman–Crippen MR) is 78.3 cm³/mol. The fourth-order valence-electron chi connectivity index (χ4n) is 2.87. The van der Waals surface area contributed by atoms with Crippen LogP contribution in [0.3, 0.4) is 0 Å². The van der Waals surface area contributed by atoms with Crippen LogP contribution in [-0.4, -0.2) is 49.7 Å². The van der Waals surface area contributed by atoms with Gasteiger partial charge in [0, 0.05) is 38.6 Å². The molecule has 1 aromatic carbocycles. The summed E-state index contributed by atoms with van der Waals surface area (Å²) in [5, 5.41) is 3.31. The second kappa shape index (κ2) is 6.32. The highest BCUT2D eigenvalue weighted by atomic mass is 16.6. The first-order valence-corrected chi connectivity index (χ1v) is 7.34. The van der Waals surface area contributed by atoms with Gasteiger partial charge in [0.05, 0.1) is 0 Å². The van der Waals surface area contributed by atoms with Crippen LogP contribution in [0.1, 0.15) is 12.0 Å². The summed E-state index contributed by atoms with van der Waals surface area (Å²) in [5.74, 6) is 1.36. The molecule has 0 spiro atoms. The van der Waals surface area contributed by atoms with Gasteiger partial charge >= 0.3 is 0 Å². The number of carbonyl (C=O) groups excluding carboxylic acids is 1. The first-order chi connectivity index (χ1) is 10.2. The number of amides is 1. The number of hydrogen-bond acceptors (Lipinski definition) is 5. The van der Waals surface area contributed by atoms with Crippen LogP contribution in [0.15, 0.2) is 18.2 Å². The molecule has 1 saturated heterocycles. The largest absolute Gasteiger partial charge is 0.486 e. The Kier molecular flexibility index (Phi) is 4.26. The summed E-state index contributed by atoms with van der Waals surface area (Å²) in [4.78, 5) is 13.5. The van der Waals surface area contributed by atoms with Gasteiger partial charge in [0.1, 0.15) is 13.2 Å². The molecule has 0 aromatic heterocycles. The first kappa shape index (κ1) is 14.2. The number of nitrogens with two attached hydrogens (primary N) is 1. The summed E-state index contributed by atoms with van der Waals surface area (Å²) in [6, 6.07) is 6.19. The second-order valence-corrected chi connectivity index (χ2v) is 5.48. The zero-order chi connectivity index (χ0) is 14.7. The van der Waals surface area contributed by atoms with E-state index in [4.69, 9.17) is 15.2 Å². The van der Waals surface area contributed by atoms with E-state index in [-0.39, 0.29) is 11.9 Å². The maximum Gasteiger partial charge on any atom is 0.219 e. The molecule has 21 heavy (non-hydrogen) atoms. The van der Waals surface area contributed by atoms with Gasteiger partial charge in [-0.25, -0.2) is 0 Å². The zero-order valence-corrected chi connectivity index (χ0v) is 12.0. The van der Waals surface area contributed by atoms with Crippen molar-refractivity contribution >= 4 is 5.91 Å².